The van der Waals surface area contributed by atoms with Crippen molar-refractivity contribution in [3.63, 3.8) is 0 Å². The summed E-state index contributed by atoms with van der Waals surface area (Å²) in [5.74, 6) is -0.976. The first-order chi connectivity index (χ1) is 12.0. The first-order valence-corrected chi connectivity index (χ1v) is 10.3. The molecule has 0 aliphatic heterocycles. The molecule has 0 aliphatic carbocycles. The second-order valence-electron chi connectivity index (χ2n) is 7.12. The molecule has 146 valence electrons. The molecule has 0 aromatic heterocycles. The normalized spacial score (nSPS) is 14.0. The van der Waals surface area contributed by atoms with Crippen molar-refractivity contribution >= 4 is 5.97 Å². The van der Waals surface area contributed by atoms with E-state index in [9.17, 15) is 9.90 Å². The van der Waals surface area contributed by atoms with Crippen LogP contribution in [0.2, 0.25) is 0 Å². The van der Waals surface area contributed by atoms with Crippen LogP contribution >= 0.6 is 0 Å². The molecule has 26 heavy (non-hydrogen) atoms. The van der Waals surface area contributed by atoms with Gasteiger partial charge in [-0.15, -0.1) is 0 Å². The first kappa shape index (κ1) is 27.7. The van der Waals surface area contributed by atoms with E-state index in [1.54, 1.807) is 0 Å². The fourth-order valence-electron chi connectivity index (χ4n) is 3.02. The zero-order valence-corrected chi connectivity index (χ0v) is 18.0. The number of aliphatic carboxylic acids is 1. The van der Waals surface area contributed by atoms with Crippen LogP contribution < -0.4 is 24.0 Å². The molecule has 0 rings (SSSR count). The SMILES string of the molecule is CCCC/C=C/CCC(C)N(CC(=O)[O-])C(C)CC/C=C/CCCC.[Li+]. The van der Waals surface area contributed by atoms with Crippen molar-refractivity contribution in [1.82, 2.24) is 4.90 Å². The van der Waals surface area contributed by atoms with Gasteiger partial charge in [0.1, 0.15) is 0 Å². The number of nitrogens with zero attached hydrogens (tertiary/aromatic N) is 1. The Balaban J connectivity index is 0. The largest absolute Gasteiger partial charge is 1.00 e. The van der Waals surface area contributed by atoms with E-state index < -0.39 is 5.97 Å². The molecule has 2 unspecified atom stereocenters. The van der Waals surface area contributed by atoms with Gasteiger partial charge < -0.3 is 9.90 Å². The van der Waals surface area contributed by atoms with Gasteiger partial charge in [-0.3, -0.25) is 4.90 Å². The summed E-state index contributed by atoms with van der Waals surface area (Å²) in [5, 5.41) is 11.1. The number of allylic oxidation sites excluding steroid dienone is 4. The Labute approximate surface area is 174 Å². The number of unbranched alkanes of at least 4 members (excludes halogenated alkanes) is 4. The summed E-state index contributed by atoms with van der Waals surface area (Å²) < 4.78 is 0. The summed E-state index contributed by atoms with van der Waals surface area (Å²) in [4.78, 5) is 13.2. The van der Waals surface area contributed by atoms with Crippen molar-refractivity contribution in [2.75, 3.05) is 6.54 Å². The average molecular weight is 358 g/mol. The Bertz CT molecular complexity index is 354. The van der Waals surface area contributed by atoms with E-state index in [1.807, 2.05) is 0 Å². The predicted molar refractivity (Wildman–Crippen MR) is 106 cm³/mol. The maximum atomic E-state index is 11.1. The summed E-state index contributed by atoms with van der Waals surface area (Å²) >= 11 is 0. The molecule has 0 N–H and O–H groups in total. The van der Waals surface area contributed by atoms with Crippen LogP contribution in [0.15, 0.2) is 24.3 Å². The summed E-state index contributed by atoms with van der Waals surface area (Å²) in [6.07, 6.45) is 20.2. The minimum atomic E-state index is -0.976. The first-order valence-electron chi connectivity index (χ1n) is 10.3. The third-order valence-electron chi connectivity index (χ3n) is 4.73. The van der Waals surface area contributed by atoms with Crippen LogP contribution in [0.3, 0.4) is 0 Å². The molecule has 2 atom stereocenters. The summed E-state index contributed by atoms with van der Waals surface area (Å²) in [6, 6.07) is 0.514. The zero-order chi connectivity index (χ0) is 18.9. The number of hydrogen-bond acceptors (Lipinski definition) is 3. The van der Waals surface area contributed by atoms with Crippen molar-refractivity contribution in [2.45, 2.75) is 104 Å². The smallest absolute Gasteiger partial charge is 0.549 e. The van der Waals surface area contributed by atoms with Crippen molar-refractivity contribution in [1.29, 1.82) is 0 Å². The van der Waals surface area contributed by atoms with Crippen molar-refractivity contribution in [3.05, 3.63) is 24.3 Å². The van der Waals surface area contributed by atoms with E-state index in [2.05, 4.69) is 56.9 Å². The monoisotopic (exact) mass is 357 g/mol. The molecule has 3 nitrogen and oxygen atoms in total. The van der Waals surface area contributed by atoms with Crippen molar-refractivity contribution < 1.29 is 28.8 Å². The minimum absolute atomic E-state index is 0. The van der Waals surface area contributed by atoms with Crippen LogP contribution in [-0.2, 0) is 4.79 Å². The van der Waals surface area contributed by atoms with Gasteiger partial charge in [-0.1, -0.05) is 63.8 Å². The number of carboxylic acids is 1. The minimum Gasteiger partial charge on any atom is -0.549 e. The molecule has 0 saturated heterocycles. The summed E-state index contributed by atoms with van der Waals surface area (Å²) in [7, 11) is 0. The second kappa shape index (κ2) is 19.3. The molecule has 0 aliphatic rings. The van der Waals surface area contributed by atoms with Crippen LogP contribution in [-0.4, -0.2) is 29.5 Å². The molecule has 0 amide bonds. The fourth-order valence-corrected chi connectivity index (χ4v) is 3.02. The van der Waals surface area contributed by atoms with E-state index in [0.717, 1.165) is 38.5 Å². The van der Waals surface area contributed by atoms with Gasteiger partial charge in [-0.25, -0.2) is 0 Å². The molecule has 0 saturated carbocycles. The van der Waals surface area contributed by atoms with Gasteiger partial charge in [0.05, 0.1) is 5.97 Å². The molecule has 0 aromatic carbocycles. The Morgan fingerprint density at radius 1 is 0.846 bits per heavy atom. The summed E-state index contributed by atoms with van der Waals surface area (Å²) in [6.45, 7) is 8.70. The molecule has 0 aromatic rings. The van der Waals surface area contributed by atoms with Crippen LogP contribution in [0.4, 0.5) is 0 Å². The third-order valence-corrected chi connectivity index (χ3v) is 4.73. The molecule has 4 heteroatoms. The third kappa shape index (κ3) is 15.7. The number of hydrogen-bond donors (Lipinski definition) is 0. The van der Waals surface area contributed by atoms with Crippen molar-refractivity contribution in [3.8, 4) is 0 Å². The molecule has 0 radical (unpaired) electrons. The topological polar surface area (TPSA) is 43.4 Å². The number of carboxylic acid groups (broad SMARTS) is 1. The Morgan fingerprint density at radius 2 is 1.23 bits per heavy atom. The zero-order valence-electron chi connectivity index (χ0n) is 18.0. The molecular weight excluding hydrogens is 317 g/mol. The maximum Gasteiger partial charge on any atom is 1.00 e. The van der Waals surface area contributed by atoms with Crippen molar-refractivity contribution in [2.24, 2.45) is 0 Å². The fraction of sp³-hybridized carbons (Fsp3) is 0.773. The average Bonchev–Trinajstić information content (AvgIpc) is 2.58. The summed E-state index contributed by atoms with van der Waals surface area (Å²) in [5.41, 5.74) is 0. The van der Waals surface area contributed by atoms with Crippen LogP contribution in [0, 0.1) is 0 Å². The molecule has 0 heterocycles. The number of carbonyl (C=O) groups is 1. The van der Waals surface area contributed by atoms with Crippen LogP contribution in [0.5, 0.6) is 0 Å². The Morgan fingerprint density at radius 3 is 1.58 bits per heavy atom. The maximum absolute atomic E-state index is 11.1. The Kier molecular flexibility index (Phi) is 20.6. The van der Waals surface area contributed by atoms with Gasteiger partial charge in [-0.2, -0.15) is 0 Å². The van der Waals surface area contributed by atoms with E-state index in [1.165, 1.54) is 25.7 Å². The quantitative estimate of drug-likeness (QED) is 0.241. The van der Waals surface area contributed by atoms with E-state index >= 15 is 0 Å². The van der Waals surface area contributed by atoms with Gasteiger partial charge in [0.15, 0.2) is 0 Å². The number of carbonyl (C=O) groups excluding carboxylic acids is 1. The van der Waals surface area contributed by atoms with Gasteiger partial charge >= 0.3 is 18.9 Å². The predicted octanol–water partition coefficient (Wildman–Crippen LogP) is 1.87. The molecule has 0 fully saturated rings. The van der Waals surface area contributed by atoms with E-state index in [4.69, 9.17) is 0 Å². The van der Waals surface area contributed by atoms with E-state index in [0.29, 0.717) is 0 Å². The number of rotatable bonds is 16. The van der Waals surface area contributed by atoms with Crippen LogP contribution in [0.1, 0.15) is 91.9 Å². The van der Waals surface area contributed by atoms with Gasteiger partial charge in [0.25, 0.3) is 0 Å². The van der Waals surface area contributed by atoms with Gasteiger partial charge in [0, 0.05) is 18.6 Å². The van der Waals surface area contributed by atoms with Crippen LogP contribution in [0.25, 0.3) is 0 Å². The van der Waals surface area contributed by atoms with Gasteiger partial charge in [0.2, 0.25) is 0 Å². The van der Waals surface area contributed by atoms with Gasteiger partial charge in [-0.05, 0) is 52.4 Å². The Hall–Kier alpha value is -0.493. The second-order valence-corrected chi connectivity index (χ2v) is 7.12. The molecule has 0 bridgehead atoms. The van der Waals surface area contributed by atoms with E-state index in [-0.39, 0.29) is 37.5 Å². The molecule has 0 spiro atoms. The molecular formula is C22H40LiNO2. The standard InChI is InChI=1S/C22H41NO2.Li/c1-5-7-9-11-13-15-17-20(3)23(19-22(24)25)21(4)18-16-14-12-10-8-6-2;/h11-14,20-21H,5-10,15-19H2,1-4H3,(H,24,25);/q;+1/p-1/b13-11+,14-12+;.